The first-order chi connectivity index (χ1) is 11.5. The Balaban J connectivity index is 2.17. The summed E-state index contributed by atoms with van der Waals surface area (Å²) in [6.07, 6.45) is 0.719. The lowest BCUT2D eigenvalue weighted by Gasteiger charge is -2.23. The summed E-state index contributed by atoms with van der Waals surface area (Å²) >= 11 is 0. The minimum Gasteiger partial charge on any atom is -0.496 e. The molecule has 128 valence electrons. The summed E-state index contributed by atoms with van der Waals surface area (Å²) in [7, 11) is 3.30. The number of hydrogen-bond acceptors (Lipinski definition) is 3. The lowest BCUT2D eigenvalue weighted by molar-refractivity contribution is 0.166. The Morgan fingerprint density at radius 2 is 1.96 bits per heavy atom. The smallest absolute Gasteiger partial charge is 0.321 e. The van der Waals surface area contributed by atoms with E-state index in [2.05, 4.69) is 17.4 Å². The van der Waals surface area contributed by atoms with E-state index < -0.39 is 0 Å². The maximum absolute atomic E-state index is 12.2. The summed E-state index contributed by atoms with van der Waals surface area (Å²) < 4.78 is 5.42. The Labute approximate surface area is 142 Å². The highest BCUT2D eigenvalue weighted by atomic mass is 16.5. The topological polar surface area (TPSA) is 61.8 Å². The second-order valence-corrected chi connectivity index (χ2v) is 5.76. The zero-order valence-corrected chi connectivity index (χ0v) is 14.3. The second kappa shape index (κ2) is 8.36. The van der Waals surface area contributed by atoms with Crippen LogP contribution in [0.4, 0.5) is 10.5 Å². The van der Waals surface area contributed by atoms with Crippen molar-refractivity contribution in [3.05, 3.63) is 59.7 Å². The minimum atomic E-state index is -0.257. The van der Waals surface area contributed by atoms with Crippen LogP contribution in [0, 0.1) is 0 Å². The molecule has 0 unspecified atom stereocenters. The fourth-order valence-corrected chi connectivity index (χ4v) is 2.34. The summed E-state index contributed by atoms with van der Waals surface area (Å²) in [5, 5.41) is 12.0. The second-order valence-electron chi connectivity index (χ2n) is 5.76. The van der Waals surface area contributed by atoms with Gasteiger partial charge in [0, 0.05) is 24.7 Å². The van der Waals surface area contributed by atoms with Crippen LogP contribution in [0.2, 0.25) is 0 Å². The van der Waals surface area contributed by atoms with E-state index in [4.69, 9.17) is 9.84 Å². The third kappa shape index (κ3) is 4.49. The van der Waals surface area contributed by atoms with Crippen LogP contribution in [0.15, 0.2) is 48.5 Å². The van der Waals surface area contributed by atoms with Crippen molar-refractivity contribution >= 4 is 11.7 Å². The molecule has 0 saturated carbocycles. The molecule has 0 radical (unpaired) electrons. The van der Waals surface area contributed by atoms with E-state index in [9.17, 15) is 4.79 Å². The number of aliphatic hydroxyl groups is 1. The van der Waals surface area contributed by atoms with Gasteiger partial charge in [-0.2, -0.15) is 0 Å². The molecule has 24 heavy (non-hydrogen) atoms. The molecule has 5 heteroatoms. The highest BCUT2D eigenvalue weighted by molar-refractivity contribution is 5.89. The molecular weight excluding hydrogens is 304 g/mol. The highest BCUT2D eigenvalue weighted by Crippen LogP contribution is 2.25. The molecule has 2 amide bonds. The van der Waals surface area contributed by atoms with Crippen LogP contribution in [0.25, 0.3) is 0 Å². The van der Waals surface area contributed by atoms with Gasteiger partial charge in [-0.05, 0) is 30.7 Å². The number of nitrogens with one attached hydrogen (secondary N) is 1. The molecule has 2 aromatic carbocycles. The Kier molecular flexibility index (Phi) is 6.21. The molecule has 0 aliphatic rings. The number of carbonyl (C=O) groups is 1. The summed E-state index contributed by atoms with van der Waals surface area (Å²) in [5.41, 5.74) is 2.87. The van der Waals surface area contributed by atoms with Gasteiger partial charge in [0.25, 0.3) is 0 Å². The van der Waals surface area contributed by atoms with Crippen molar-refractivity contribution in [2.75, 3.05) is 26.1 Å². The lowest BCUT2D eigenvalue weighted by atomic mass is 10.0. The molecule has 0 bridgehead atoms. The van der Waals surface area contributed by atoms with Gasteiger partial charge in [-0.3, -0.25) is 0 Å². The zero-order chi connectivity index (χ0) is 17.5. The normalized spacial score (nSPS) is 11.7. The average Bonchev–Trinajstić information content (AvgIpc) is 2.61. The summed E-state index contributed by atoms with van der Waals surface area (Å²) in [5.74, 6) is 0.786. The molecule has 0 saturated heterocycles. The van der Waals surface area contributed by atoms with Gasteiger partial charge in [-0.25, -0.2) is 4.79 Å². The number of rotatable bonds is 6. The van der Waals surface area contributed by atoms with Gasteiger partial charge in [-0.1, -0.05) is 30.3 Å². The van der Waals surface area contributed by atoms with Crippen LogP contribution in [-0.4, -0.2) is 42.8 Å². The van der Waals surface area contributed by atoms with Gasteiger partial charge >= 0.3 is 6.03 Å². The van der Waals surface area contributed by atoms with Crippen LogP contribution in [0.5, 0.6) is 5.75 Å². The number of nitrogens with zero attached hydrogens (tertiary/aromatic N) is 1. The number of ether oxygens (including phenoxy) is 1. The average molecular weight is 328 g/mol. The van der Waals surface area contributed by atoms with Crippen molar-refractivity contribution in [3.63, 3.8) is 0 Å². The first-order valence-electron chi connectivity index (χ1n) is 7.90. The first kappa shape index (κ1) is 17.8. The van der Waals surface area contributed by atoms with Gasteiger partial charge in [0.2, 0.25) is 0 Å². The summed E-state index contributed by atoms with van der Waals surface area (Å²) in [6.45, 7) is 1.71. The van der Waals surface area contributed by atoms with Crippen molar-refractivity contribution < 1.29 is 14.6 Å². The molecule has 2 rings (SSSR count). The minimum absolute atomic E-state index is 0.0776. The number of anilines is 1. The molecule has 0 aliphatic carbocycles. The Hall–Kier alpha value is -2.53. The predicted octanol–water partition coefficient (Wildman–Crippen LogP) is 3.13. The fraction of sp³-hybridized carbons (Fsp3) is 0.316. The molecule has 2 N–H and O–H groups in total. The van der Waals surface area contributed by atoms with Crippen LogP contribution < -0.4 is 10.1 Å². The molecule has 0 aliphatic heterocycles. The molecular formula is C19H24N2O3. The Bertz CT molecular complexity index is 674. The van der Waals surface area contributed by atoms with Gasteiger partial charge in [-0.15, -0.1) is 0 Å². The van der Waals surface area contributed by atoms with Crippen molar-refractivity contribution in [2.24, 2.45) is 0 Å². The highest BCUT2D eigenvalue weighted by Gasteiger charge is 2.15. The van der Waals surface area contributed by atoms with E-state index in [0.29, 0.717) is 5.69 Å². The molecule has 5 nitrogen and oxygen atoms in total. The Morgan fingerprint density at radius 1 is 1.25 bits per heavy atom. The van der Waals surface area contributed by atoms with E-state index >= 15 is 0 Å². The van der Waals surface area contributed by atoms with Gasteiger partial charge in [0.1, 0.15) is 5.75 Å². The largest absolute Gasteiger partial charge is 0.496 e. The molecule has 1 atom stereocenters. The van der Waals surface area contributed by atoms with Crippen molar-refractivity contribution in [1.29, 1.82) is 0 Å². The van der Waals surface area contributed by atoms with Crippen molar-refractivity contribution in [3.8, 4) is 5.75 Å². The maximum Gasteiger partial charge on any atom is 0.321 e. The number of aliphatic hydroxyl groups excluding tert-OH is 1. The third-order valence-corrected chi connectivity index (χ3v) is 4.01. The van der Waals surface area contributed by atoms with E-state index in [1.807, 2.05) is 36.4 Å². The molecule has 2 aromatic rings. The van der Waals surface area contributed by atoms with Gasteiger partial charge in [0.05, 0.1) is 19.8 Å². The lowest BCUT2D eigenvalue weighted by Crippen LogP contribution is -2.40. The van der Waals surface area contributed by atoms with Crippen LogP contribution in [-0.2, 0) is 6.42 Å². The van der Waals surface area contributed by atoms with Gasteiger partial charge < -0.3 is 20.1 Å². The number of benzene rings is 2. The number of methoxy groups -OCH3 is 1. The van der Waals surface area contributed by atoms with Crippen LogP contribution in [0.3, 0.4) is 0 Å². The van der Waals surface area contributed by atoms with Crippen molar-refractivity contribution in [2.45, 2.75) is 19.4 Å². The van der Waals surface area contributed by atoms with Crippen LogP contribution in [0.1, 0.15) is 18.1 Å². The Morgan fingerprint density at radius 3 is 2.58 bits per heavy atom. The number of likely N-dealkylation sites (N-methyl/N-ethyl adjacent to an activating group) is 1. The monoisotopic (exact) mass is 328 g/mol. The molecule has 0 fully saturated rings. The molecule has 0 heterocycles. The van der Waals surface area contributed by atoms with Crippen LogP contribution >= 0.6 is 0 Å². The summed E-state index contributed by atoms with van der Waals surface area (Å²) in [4.78, 5) is 13.7. The van der Waals surface area contributed by atoms with Crippen molar-refractivity contribution in [1.82, 2.24) is 4.90 Å². The zero-order valence-electron chi connectivity index (χ0n) is 14.3. The van der Waals surface area contributed by atoms with E-state index in [0.717, 1.165) is 17.7 Å². The number of carbonyl (C=O) groups excluding carboxylic acids is 1. The quantitative estimate of drug-likeness (QED) is 0.856. The van der Waals surface area contributed by atoms with Gasteiger partial charge in [0.15, 0.2) is 0 Å². The number of amides is 2. The maximum atomic E-state index is 12.2. The van der Waals surface area contributed by atoms with E-state index in [1.165, 1.54) is 10.5 Å². The SMILES string of the molecule is COc1ccc(NC(=O)N(C)[C@H](C)CO)cc1Cc1ccccc1. The van der Waals surface area contributed by atoms with E-state index in [-0.39, 0.29) is 18.7 Å². The fourth-order valence-electron chi connectivity index (χ4n) is 2.34. The van der Waals surface area contributed by atoms with E-state index in [1.54, 1.807) is 21.1 Å². The number of urea groups is 1. The summed E-state index contributed by atoms with van der Waals surface area (Å²) in [6, 6.07) is 15.2. The predicted molar refractivity (Wildman–Crippen MR) is 95.6 cm³/mol. The molecule has 0 aromatic heterocycles. The standard InChI is InChI=1S/C19H24N2O3/c1-14(13-22)21(2)19(23)20-17-9-10-18(24-3)16(12-17)11-15-7-5-4-6-8-15/h4-10,12,14,22H,11,13H2,1-3H3,(H,20,23)/t14-/m1/s1. The third-order valence-electron chi connectivity index (χ3n) is 4.01. The first-order valence-corrected chi connectivity index (χ1v) is 7.90. The molecule has 0 spiro atoms. The number of hydrogen-bond donors (Lipinski definition) is 2.